The van der Waals surface area contributed by atoms with Crippen LogP contribution >= 0.6 is 23.2 Å². The van der Waals surface area contributed by atoms with Gasteiger partial charge >= 0.3 is 0 Å². The maximum absolute atomic E-state index is 13.0. The zero-order valence-corrected chi connectivity index (χ0v) is 11.6. The lowest BCUT2D eigenvalue weighted by molar-refractivity contribution is -0.118. The van der Waals surface area contributed by atoms with Crippen molar-refractivity contribution < 1.29 is 9.18 Å². The van der Waals surface area contributed by atoms with Crippen molar-refractivity contribution >= 4 is 34.8 Å². The molecule has 1 aromatic rings. The summed E-state index contributed by atoms with van der Waals surface area (Å²) in [4.78, 5) is 11.9. The Balaban J connectivity index is 2.89. The number of nitrogens with two attached hydrogens (primary N) is 1. The van der Waals surface area contributed by atoms with E-state index in [4.69, 9.17) is 28.9 Å². The van der Waals surface area contributed by atoms with Crippen LogP contribution in [0.4, 0.5) is 10.1 Å². The number of amides is 1. The fourth-order valence-electron chi connectivity index (χ4n) is 1.38. The molecule has 0 heterocycles. The highest BCUT2D eigenvalue weighted by molar-refractivity contribution is 6.39. The lowest BCUT2D eigenvalue weighted by Crippen LogP contribution is -2.40. The Hall–Kier alpha value is -0.840. The van der Waals surface area contributed by atoms with Gasteiger partial charge in [-0.15, -0.1) is 0 Å². The van der Waals surface area contributed by atoms with E-state index in [1.165, 1.54) is 0 Å². The van der Waals surface area contributed by atoms with Crippen molar-refractivity contribution in [2.45, 2.75) is 26.3 Å². The van der Waals surface area contributed by atoms with Crippen LogP contribution in [0.2, 0.25) is 10.0 Å². The first-order valence-electron chi connectivity index (χ1n) is 5.57. The average molecular weight is 293 g/mol. The summed E-state index contributed by atoms with van der Waals surface area (Å²) in [6, 6.07) is 1.50. The second-order valence-corrected chi connectivity index (χ2v) is 4.96. The van der Waals surface area contributed by atoms with E-state index < -0.39 is 11.9 Å². The molecule has 0 bridgehead atoms. The summed E-state index contributed by atoms with van der Waals surface area (Å²) < 4.78 is 13.0. The Labute approximate surface area is 115 Å². The SMILES string of the molecule is CCC(C)C(N)C(=O)Nc1c(Cl)cc(F)cc1Cl. The number of benzene rings is 1. The topological polar surface area (TPSA) is 55.1 Å². The minimum atomic E-state index is -0.660. The zero-order chi connectivity index (χ0) is 13.9. The van der Waals surface area contributed by atoms with Crippen LogP contribution in [0, 0.1) is 11.7 Å². The second kappa shape index (κ2) is 6.36. The van der Waals surface area contributed by atoms with Gasteiger partial charge in [0.15, 0.2) is 0 Å². The molecule has 0 radical (unpaired) electrons. The van der Waals surface area contributed by atoms with Crippen LogP contribution in [0.5, 0.6) is 0 Å². The molecule has 0 aliphatic rings. The smallest absolute Gasteiger partial charge is 0.241 e. The first kappa shape index (κ1) is 15.2. The first-order valence-corrected chi connectivity index (χ1v) is 6.33. The third-order valence-corrected chi connectivity index (χ3v) is 3.41. The average Bonchev–Trinajstić information content (AvgIpc) is 2.31. The number of nitrogens with one attached hydrogen (secondary N) is 1. The van der Waals surface area contributed by atoms with Gasteiger partial charge in [0.05, 0.1) is 21.8 Å². The molecule has 0 saturated heterocycles. The maximum atomic E-state index is 13.0. The van der Waals surface area contributed by atoms with Crippen molar-refractivity contribution in [3.8, 4) is 0 Å². The van der Waals surface area contributed by atoms with Crippen molar-refractivity contribution in [3.05, 3.63) is 28.0 Å². The minimum Gasteiger partial charge on any atom is -0.322 e. The van der Waals surface area contributed by atoms with Gasteiger partial charge in [-0.3, -0.25) is 4.79 Å². The summed E-state index contributed by atoms with van der Waals surface area (Å²) in [7, 11) is 0. The van der Waals surface area contributed by atoms with Gasteiger partial charge in [0, 0.05) is 0 Å². The van der Waals surface area contributed by atoms with E-state index >= 15 is 0 Å². The molecule has 0 spiro atoms. The summed E-state index contributed by atoms with van der Waals surface area (Å²) >= 11 is 11.6. The van der Waals surface area contributed by atoms with Crippen LogP contribution in [0.1, 0.15) is 20.3 Å². The van der Waals surface area contributed by atoms with E-state index in [1.54, 1.807) is 0 Å². The van der Waals surface area contributed by atoms with Crippen LogP contribution in [0.15, 0.2) is 12.1 Å². The monoisotopic (exact) mass is 292 g/mol. The standard InChI is InChI=1S/C12H15Cl2FN2O/c1-3-6(2)10(16)12(18)17-11-8(13)4-7(15)5-9(11)14/h4-6,10H,3,16H2,1-2H3,(H,17,18). The van der Waals surface area contributed by atoms with E-state index in [0.717, 1.165) is 18.6 Å². The van der Waals surface area contributed by atoms with Gasteiger partial charge in [0.1, 0.15) is 5.82 Å². The molecule has 0 aliphatic carbocycles. The molecule has 2 atom stereocenters. The zero-order valence-electron chi connectivity index (χ0n) is 10.1. The number of hydrogen-bond acceptors (Lipinski definition) is 2. The van der Waals surface area contributed by atoms with Crippen molar-refractivity contribution in [1.82, 2.24) is 0 Å². The molecule has 1 aromatic carbocycles. The Kier molecular flexibility index (Phi) is 5.38. The number of halogens is 3. The van der Waals surface area contributed by atoms with Crippen LogP contribution in [-0.2, 0) is 4.79 Å². The van der Waals surface area contributed by atoms with Gasteiger partial charge in [-0.05, 0) is 18.1 Å². The third kappa shape index (κ3) is 3.57. The van der Waals surface area contributed by atoms with Crippen molar-refractivity contribution in [2.75, 3.05) is 5.32 Å². The maximum Gasteiger partial charge on any atom is 0.241 e. The van der Waals surface area contributed by atoms with Gasteiger partial charge < -0.3 is 11.1 Å². The number of carbonyl (C=O) groups excluding carboxylic acids is 1. The number of carbonyl (C=O) groups is 1. The Morgan fingerprint density at radius 3 is 2.39 bits per heavy atom. The van der Waals surface area contributed by atoms with Gasteiger partial charge in [-0.2, -0.15) is 0 Å². The molecule has 0 aromatic heterocycles. The van der Waals surface area contributed by atoms with Gasteiger partial charge in [0.2, 0.25) is 5.91 Å². The molecule has 100 valence electrons. The quantitative estimate of drug-likeness (QED) is 0.893. The van der Waals surface area contributed by atoms with Crippen molar-refractivity contribution in [2.24, 2.45) is 11.7 Å². The number of anilines is 1. The molecule has 2 unspecified atom stereocenters. The molecule has 0 saturated carbocycles. The predicted molar refractivity (Wildman–Crippen MR) is 72.5 cm³/mol. The normalized spacial score (nSPS) is 14.1. The van der Waals surface area contributed by atoms with Crippen molar-refractivity contribution in [1.29, 1.82) is 0 Å². The van der Waals surface area contributed by atoms with E-state index in [-0.39, 0.29) is 27.6 Å². The largest absolute Gasteiger partial charge is 0.322 e. The van der Waals surface area contributed by atoms with Gasteiger partial charge in [-0.1, -0.05) is 43.5 Å². The second-order valence-electron chi connectivity index (χ2n) is 4.15. The molecule has 1 amide bonds. The van der Waals surface area contributed by atoms with E-state index in [2.05, 4.69) is 5.32 Å². The van der Waals surface area contributed by atoms with Crippen LogP contribution < -0.4 is 11.1 Å². The molecular weight excluding hydrogens is 278 g/mol. The molecule has 3 N–H and O–H groups in total. The summed E-state index contributed by atoms with van der Waals surface area (Å²) in [5, 5.41) is 2.62. The minimum absolute atomic E-state index is 0.0306. The molecule has 18 heavy (non-hydrogen) atoms. The highest BCUT2D eigenvalue weighted by atomic mass is 35.5. The molecular formula is C12H15Cl2FN2O. The lowest BCUT2D eigenvalue weighted by atomic mass is 9.99. The summed E-state index contributed by atoms with van der Waals surface area (Å²) in [6.07, 6.45) is 0.777. The summed E-state index contributed by atoms with van der Waals surface area (Å²) in [5.74, 6) is -0.919. The molecule has 0 fully saturated rings. The molecule has 6 heteroatoms. The van der Waals surface area contributed by atoms with Crippen LogP contribution in [0.25, 0.3) is 0 Å². The van der Waals surface area contributed by atoms with Crippen LogP contribution in [0.3, 0.4) is 0 Å². The molecule has 1 rings (SSSR count). The number of rotatable bonds is 4. The Bertz CT molecular complexity index is 431. The Morgan fingerprint density at radius 1 is 1.44 bits per heavy atom. The lowest BCUT2D eigenvalue weighted by Gasteiger charge is -2.18. The molecule has 3 nitrogen and oxygen atoms in total. The fraction of sp³-hybridized carbons (Fsp3) is 0.417. The summed E-state index contributed by atoms with van der Waals surface area (Å²) in [5.41, 5.74) is 5.96. The van der Waals surface area contributed by atoms with Crippen molar-refractivity contribution in [3.63, 3.8) is 0 Å². The van der Waals surface area contributed by atoms with E-state index in [9.17, 15) is 9.18 Å². The number of hydrogen-bond donors (Lipinski definition) is 2. The molecule has 0 aliphatic heterocycles. The Morgan fingerprint density at radius 2 is 1.94 bits per heavy atom. The third-order valence-electron chi connectivity index (χ3n) is 2.81. The van der Waals surface area contributed by atoms with Crippen LogP contribution in [-0.4, -0.2) is 11.9 Å². The highest BCUT2D eigenvalue weighted by Gasteiger charge is 2.21. The summed E-state index contributed by atoms with van der Waals surface area (Å²) in [6.45, 7) is 3.81. The van der Waals surface area contributed by atoms with E-state index in [1.807, 2.05) is 13.8 Å². The first-order chi connectivity index (χ1) is 8.36. The fourth-order valence-corrected chi connectivity index (χ4v) is 1.94. The van der Waals surface area contributed by atoms with Gasteiger partial charge in [0.25, 0.3) is 0 Å². The van der Waals surface area contributed by atoms with Gasteiger partial charge in [-0.25, -0.2) is 4.39 Å². The predicted octanol–water partition coefficient (Wildman–Crippen LogP) is 3.44. The van der Waals surface area contributed by atoms with E-state index in [0.29, 0.717) is 0 Å². The highest BCUT2D eigenvalue weighted by Crippen LogP contribution is 2.31.